The van der Waals surface area contributed by atoms with E-state index in [4.69, 9.17) is 9.97 Å². The monoisotopic (exact) mass is 311 g/mol. The normalized spacial score (nSPS) is 26.9. The van der Waals surface area contributed by atoms with Gasteiger partial charge in [0.2, 0.25) is 0 Å². The lowest BCUT2D eigenvalue weighted by atomic mass is 10.0. The molecule has 1 aliphatic heterocycles. The van der Waals surface area contributed by atoms with Crippen LogP contribution in [0.15, 0.2) is 0 Å². The number of nitrogens with one attached hydrogen (secondary N) is 1. The molecule has 0 saturated carbocycles. The van der Waals surface area contributed by atoms with Crippen LogP contribution in [0.1, 0.15) is 55.9 Å². The Morgan fingerprint density at radius 3 is 2.45 bits per heavy atom. The molecule has 0 amide bonds. The average Bonchev–Trinajstić information content (AvgIpc) is 2.40. The lowest BCUT2D eigenvalue weighted by molar-refractivity contribution is 0.799. The Bertz CT molecular complexity index is 476. The van der Waals surface area contributed by atoms with Crippen LogP contribution in [-0.2, 0) is 0 Å². The third-order valence-corrected chi connectivity index (χ3v) is 7.19. The second kappa shape index (κ2) is 6.56. The second-order valence-corrected chi connectivity index (χ2v) is 8.70. The van der Waals surface area contributed by atoms with Crippen molar-refractivity contribution in [3.05, 3.63) is 17.1 Å². The third kappa shape index (κ3) is 3.25. The molecule has 5 heteroatoms. The predicted molar refractivity (Wildman–Crippen MR) is 92.1 cm³/mol. The zero-order chi connectivity index (χ0) is 14.9. The van der Waals surface area contributed by atoms with Crippen LogP contribution in [0.3, 0.4) is 0 Å². The van der Waals surface area contributed by atoms with Gasteiger partial charge in [-0.2, -0.15) is 11.8 Å². The van der Waals surface area contributed by atoms with Crippen molar-refractivity contribution in [3.63, 3.8) is 0 Å². The Kier molecular flexibility index (Phi) is 5.24. The van der Waals surface area contributed by atoms with Crippen molar-refractivity contribution < 1.29 is 0 Å². The van der Waals surface area contributed by atoms with Crippen LogP contribution in [0, 0.1) is 6.92 Å². The van der Waals surface area contributed by atoms with Crippen molar-refractivity contribution in [2.24, 2.45) is 0 Å². The minimum absolute atomic E-state index is 0.415. The van der Waals surface area contributed by atoms with E-state index in [9.17, 15) is 0 Å². The van der Waals surface area contributed by atoms with Crippen LogP contribution in [0.4, 0.5) is 5.82 Å². The first-order chi connectivity index (χ1) is 9.43. The van der Waals surface area contributed by atoms with Gasteiger partial charge in [0.25, 0.3) is 0 Å². The molecule has 0 aromatic carbocycles. The molecular formula is C15H25N3S2. The molecule has 0 aliphatic carbocycles. The number of thioether (sulfide) groups is 2. The first-order valence-corrected chi connectivity index (χ1v) is 9.26. The summed E-state index contributed by atoms with van der Waals surface area (Å²) < 4.78 is 0. The van der Waals surface area contributed by atoms with Gasteiger partial charge in [-0.1, -0.05) is 27.7 Å². The van der Waals surface area contributed by atoms with Gasteiger partial charge >= 0.3 is 0 Å². The molecule has 0 radical (unpaired) electrons. The van der Waals surface area contributed by atoms with Crippen LogP contribution in [0.2, 0.25) is 0 Å². The van der Waals surface area contributed by atoms with E-state index in [1.807, 2.05) is 30.6 Å². The van der Waals surface area contributed by atoms with Crippen molar-refractivity contribution >= 4 is 29.3 Å². The summed E-state index contributed by atoms with van der Waals surface area (Å²) in [6, 6.07) is 0. The van der Waals surface area contributed by atoms with E-state index in [0.29, 0.717) is 16.4 Å². The van der Waals surface area contributed by atoms with Gasteiger partial charge in [0.15, 0.2) is 0 Å². The van der Waals surface area contributed by atoms with Crippen LogP contribution in [0.25, 0.3) is 0 Å². The molecule has 1 N–H and O–H groups in total. The highest BCUT2D eigenvalue weighted by Gasteiger charge is 2.29. The van der Waals surface area contributed by atoms with Gasteiger partial charge in [-0.05, 0) is 12.8 Å². The molecule has 1 aromatic rings. The number of hydrogen-bond acceptors (Lipinski definition) is 5. The number of aryl methyl sites for hydroxylation is 1. The van der Waals surface area contributed by atoms with E-state index >= 15 is 0 Å². The summed E-state index contributed by atoms with van der Waals surface area (Å²) in [4.78, 5) is 9.60. The van der Waals surface area contributed by atoms with E-state index in [2.05, 4.69) is 39.9 Å². The fraction of sp³-hybridized carbons (Fsp3) is 0.733. The number of aromatic nitrogens is 2. The minimum Gasteiger partial charge on any atom is -0.373 e. The molecule has 1 fully saturated rings. The maximum Gasteiger partial charge on any atom is 0.144 e. The van der Waals surface area contributed by atoms with Crippen molar-refractivity contribution in [1.29, 1.82) is 0 Å². The predicted octanol–water partition coefficient (Wildman–Crippen LogP) is 4.25. The molecule has 1 saturated heterocycles. The molecule has 112 valence electrons. The number of anilines is 1. The summed E-state index contributed by atoms with van der Waals surface area (Å²) >= 11 is 4.05. The van der Waals surface area contributed by atoms with Crippen LogP contribution in [0.5, 0.6) is 0 Å². The maximum atomic E-state index is 4.80. The Morgan fingerprint density at radius 1 is 1.20 bits per heavy atom. The zero-order valence-electron chi connectivity index (χ0n) is 13.2. The Balaban J connectivity index is 2.32. The first-order valence-electron chi connectivity index (χ1n) is 7.27. The Hall–Kier alpha value is -0.420. The molecule has 2 heterocycles. The third-order valence-electron chi connectivity index (χ3n) is 3.81. The van der Waals surface area contributed by atoms with E-state index in [1.165, 1.54) is 5.56 Å². The maximum absolute atomic E-state index is 4.80. The fourth-order valence-electron chi connectivity index (χ4n) is 2.55. The van der Waals surface area contributed by atoms with Gasteiger partial charge < -0.3 is 5.32 Å². The molecule has 1 aromatic heterocycles. The van der Waals surface area contributed by atoms with Crippen molar-refractivity contribution in [3.8, 4) is 0 Å². The van der Waals surface area contributed by atoms with Gasteiger partial charge in [-0.3, -0.25) is 0 Å². The zero-order valence-corrected chi connectivity index (χ0v) is 14.9. The summed E-state index contributed by atoms with van der Waals surface area (Å²) in [5.41, 5.74) is 2.36. The quantitative estimate of drug-likeness (QED) is 0.903. The summed E-state index contributed by atoms with van der Waals surface area (Å²) in [7, 11) is 1.95. The topological polar surface area (TPSA) is 37.8 Å². The fourth-order valence-corrected chi connectivity index (χ4v) is 5.39. The van der Waals surface area contributed by atoms with Gasteiger partial charge in [-0.15, -0.1) is 11.8 Å². The highest BCUT2D eigenvalue weighted by Crippen LogP contribution is 2.43. The van der Waals surface area contributed by atoms with Gasteiger partial charge in [0.1, 0.15) is 11.6 Å². The van der Waals surface area contributed by atoms with E-state index < -0.39 is 0 Å². The molecule has 3 unspecified atom stereocenters. The number of hydrogen-bond donors (Lipinski definition) is 1. The molecule has 3 nitrogen and oxygen atoms in total. The largest absolute Gasteiger partial charge is 0.373 e. The Morgan fingerprint density at radius 2 is 1.90 bits per heavy atom. The lowest BCUT2D eigenvalue weighted by Gasteiger charge is -2.31. The number of nitrogens with zero attached hydrogens (tertiary/aromatic N) is 2. The summed E-state index contributed by atoms with van der Waals surface area (Å²) in [6.07, 6.45) is 0. The Labute approximate surface area is 131 Å². The smallest absolute Gasteiger partial charge is 0.144 e. The van der Waals surface area contributed by atoms with Crippen LogP contribution >= 0.6 is 23.5 Å². The van der Waals surface area contributed by atoms with Crippen molar-refractivity contribution in [1.82, 2.24) is 9.97 Å². The highest BCUT2D eigenvalue weighted by atomic mass is 32.2. The van der Waals surface area contributed by atoms with Crippen molar-refractivity contribution in [2.75, 3.05) is 18.1 Å². The molecule has 0 bridgehead atoms. The molecule has 20 heavy (non-hydrogen) atoms. The standard InChI is InChI=1S/C15H25N3S2/c1-8(2)13-9(3)17-14(18-15(13)16-6)12-7-19-10(4)11(5)20-12/h8,10-12H,7H2,1-6H3,(H,16,17,18). The summed E-state index contributed by atoms with van der Waals surface area (Å²) in [5, 5.41) is 5.04. The lowest BCUT2D eigenvalue weighted by Crippen LogP contribution is -2.23. The van der Waals surface area contributed by atoms with Gasteiger partial charge in [-0.25, -0.2) is 9.97 Å². The van der Waals surface area contributed by atoms with E-state index in [1.54, 1.807) is 0 Å². The SMILES string of the molecule is CNc1nc(C2CSC(C)C(C)S2)nc(C)c1C(C)C. The summed E-state index contributed by atoms with van der Waals surface area (Å²) in [5.74, 6) is 3.55. The average molecular weight is 312 g/mol. The van der Waals surface area contributed by atoms with Crippen LogP contribution in [-0.4, -0.2) is 33.3 Å². The van der Waals surface area contributed by atoms with E-state index in [0.717, 1.165) is 28.3 Å². The highest BCUT2D eigenvalue weighted by molar-refractivity contribution is 8.07. The molecule has 2 rings (SSSR count). The minimum atomic E-state index is 0.415. The van der Waals surface area contributed by atoms with Gasteiger partial charge in [0.05, 0.1) is 5.25 Å². The molecule has 0 spiro atoms. The van der Waals surface area contributed by atoms with E-state index in [-0.39, 0.29) is 0 Å². The first kappa shape index (κ1) is 16.0. The van der Waals surface area contributed by atoms with Gasteiger partial charge in [0, 0.05) is 34.6 Å². The molecule has 3 atom stereocenters. The number of rotatable bonds is 3. The molecular weight excluding hydrogens is 286 g/mol. The molecule has 1 aliphatic rings. The van der Waals surface area contributed by atoms with Crippen molar-refractivity contribution in [2.45, 2.75) is 56.3 Å². The second-order valence-electron chi connectivity index (χ2n) is 5.70. The summed E-state index contributed by atoms with van der Waals surface area (Å²) in [6.45, 7) is 11.1. The van der Waals surface area contributed by atoms with Crippen LogP contribution < -0.4 is 5.32 Å².